The van der Waals surface area contributed by atoms with Gasteiger partial charge in [0.05, 0.1) is 17.6 Å². The molecule has 0 saturated carbocycles. The van der Waals surface area contributed by atoms with Crippen LogP contribution in [-0.2, 0) is 22.7 Å². The predicted molar refractivity (Wildman–Crippen MR) is 145 cm³/mol. The number of imidazole rings is 1. The first kappa shape index (κ1) is 26.0. The molecule has 4 aromatic rings. The number of benzene rings is 2. The summed E-state index contributed by atoms with van der Waals surface area (Å²) in [6, 6.07) is 15.6. The Bertz CT molecular complexity index is 1490. The Morgan fingerprint density at radius 3 is 2.54 bits per heavy atom. The molecule has 1 aliphatic heterocycles. The third-order valence-electron chi connectivity index (χ3n) is 6.92. The minimum Gasteiger partial charge on any atom is -0.480 e. The molecule has 39 heavy (non-hydrogen) atoms. The molecule has 2 aromatic heterocycles. The molecular weight excluding hydrogens is 500 g/mol. The highest BCUT2D eigenvalue weighted by Crippen LogP contribution is 2.30. The van der Waals surface area contributed by atoms with Gasteiger partial charge in [-0.2, -0.15) is 4.98 Å². The lowest BCUT2D eigenvalue weighted by atomic mass is 9.96. The van der Waals surface area contributed by atoms with Crippen molar-refractivity contribution in [2.75, 3.05) is 18.0 Å². The average molecular weight is 531 g/mol. The Morgan fingerprint density at radius 2 is 1.82 bits per heavy atom. The monoisotopic (exact) mass is 530 g/mol. The molecule has 0 radical (unpaired) electrons. The van der Waals surface area contributed by atoms with Gasteiger partial charge in [0, 0.05) is 30.8 Å². The van der Waals surface area contributed by atoms with Crippen LogP contribution in [0.5, 0.6) is 0 Å². The van der Waals surface area contributed by atoms with E-state index in [1.807, 2.05) is 49.4 Å². The number of piperidine rings is 1. The molecule has 3 N–H and O–H groups in total. The molecule has 1 atom stereocenters. The molecule has 0 bridgehead atoms. The molecule has 2 aromatic carbocycles. The zero-order valence-electron chi connectivity index (χ0n) is 21.5. The van der Waals surface area contributed by atoms with Crippen molar-refractivity contribution >= 4 is 28.9 Å². The number of nitrogens with one attached hydrogen (secondary N) is 2. The number of aliphatic carboxylic acids is 1. The highest BCUT2D eigenvalue weighted by Gasteiger charge is 2.26. The molecule has 0 aliphatic carbocycles. The Labute approximate surface area is 224 Å². The number of carboxylic acids is 1. The normalized spacial score (nSPS) is 14.7. The number of alkyl carbamates (subject to hydrolysis) is 1. The summed E-state index contributed by atoms with van der Waals surface area (Å²) in [5.74, 6) is 0.568. The molecule has 1 fully saturated rings. The number of nitrogens with zero attached hydrogens (tertiary/aromatic N) is 4. The van der Waals surface area contributed by atoms with Crippen LogP contribution in [0.3, 0.4) is 0 Å². The fraction of sp³-hybridized carbons (Fsp3) is 0.321. The molecule has 1 aliphatic rings. The van der Waals surface area contributed by atoms with Crippen LogP contribution in [0.4, 0.5) is 10.6 Å². The summed E-state index contributed by atoms with van der Waals surface area (Å²) in [6.45, 7) is 2.98. The first-order valence-corrected chi connectivity index (χ1v) is 12.8. The third-order valence-corrected chi connectivity index (χ3v) is 6.92. The fourth-order valence-corrected chi connectivity index (χ4v) is 4.86. The van der Waals surface area contributed by atoms with Gasteiger partial charge < -0.3 is 25.0 Å². The minimum atomic E-state index is -1.36. The van der Waals surface area contributed by atoms with Crippen molar-refractivity contribution in [3.63, 3.8) is 0 Å². The summed E-state index contributed by atoms with van der Waals surface area (Å²) in [6.07, 6.45) is 2.43. The molecule has 0 spiro atoms. The molecule has 11 heteroatoms. The number of carbonyl (C=O) groups excluding carboxylic acids is 1. The van der Waals surface area contributed by atoms with E-state index in [1.165, 1.54) is 4.57 Å². The van der Waals surface area contributed by atoms with Gasteiger partial charge in [-0.05, 0) is 37.5 Å². The fourth-order valence-electron chi connectivity index (χ4n) is 4.86. The van der Waals surface area contributed by atoms with Crippen molar-refractivity contribution in [2.24, 2.45) is 0 Å². The van der Waals surface area contributed by atoms with E-state index in [2.05, 4.69) is 20.2 Å². The lowest BCUT2D eigenvalue weighted by Crippen LogP contribution is -2.46. The zero-order chi connectivity index (χ0) is 27.4. The molecule has 1 amide bonds. The lowest BCUT2D eigenvalue weighted by molar-refractivity contribution is -0.139. The smallest absolute Gasteiger partial charge is 0.408 e. The summed E-state index contributed by atoms with van der Waals surface area (Å²) in [5, 5.41) is 12.0. The van der Waals surface area contributed by atoms with Crippen molar-refractivity contribution in [3.05, 3.63) is 88.2 Å². The molecule has 11 nitrogen and oxygen atoms in total. The summed E-state index contributed by atoms with van der Waals surface area (Å²) in [4.78, 5) is 51.4. The zero-order valence-corrected chi connectivity index (χ0v) is 21.5. The Balaban J connectivity index is 1.21. The largest absolute Gasteiger partial charge is 0.480 e. The number of aromatic nitrogens is 4. The summed E-state index contributed by atoms with van der Waals surface area (Å²) in [5.41, 5.74) is 2.91. The SMILES string of the molecule is Cc1cn(C[C@H](NC(=O)OCc2ccccc2)C(=O)O)c(=O)nc1N1CCC(c2nc3ccccc3[nH]2)CC1. The van der Waals surface area contributed by atoms with Crippen LogP contribution >= 0.6 is 0 Å². The van der Waals surface area contributed by atoms with Crippen LogP contribution in [0.15, 0.2) is 65.6 Å². The van der Waals surface area contributed by atoms with E-state index < -0.39 is 23.8 Å². The van der Waals surface area contributed by atoms with Gasteiger partial charge in [-0.1, -0.05) is 42.5 Å². The van der Waals surface area contributed by atoms with Crippen LogP contribution in [0.1, 0.15) is 35.7 Å². The number of amides is 1. The highest BCUT2D eigenvalue weighted by molar-refractivity contribution is 5.79. The van der Waals surface area contributed by atoms with E-state index >= 15 is 0 Å². The van der Waals surface area contributed by atoms with Gasteiger partial charge in [0.25, 0.3) is 0 Å². The van der Waals surface area contributed by atoms with E-state index in [-0.39, 0.29) is 13.2 Å². The molecule has 3 heterocycles. The maximum absolute atomic E-state index is 12.8. The van der Waals surface area contributed by atoms with E-state index in [9.17, 15) is 19.5 Å². The summed E-state index contributed by atoms with van der Waals surface area (Å²) >= 11 is 0. The van der Waals surface area contributed by atoms with Gasteiger partial charge in [0.2, 0.25) is 0 Å². The molecule has 1 saturated heterocycles. The maximum Gasteiger partial charge on any atom is 0.408 e. The predicted octanol–water partition coefficient (Wildman–Crippen LogP) is 3.19. The summed E-state index contributed by atoms with van der Waals surface area (Å²) in [7, 11) is 0. The number of ether oxygens (including phenoxy) is 1. The second kappa shape index (κ2) is 11.4. The number of hydrogen-bond acceptors (Lipinski definition) is 7. The first-order chi connectivity index (χ1) is 18.9. The second-order valence-corrected chi connectivity index (χ2v) is 9.68. The number of aromatic amines is 1. The molecular formula is C28H30N6O5. The van der Waals surface area contributed by atoms with Crippen LogP contribution in [0.2, 0.25) is 0 Å². The topological polar surface area (TPSA) is 142 Å². The van der Waals surface area contributed by atoms with E-state index in [4.69, 9.17) is 9.72 Å². The Hall–Kier alpha value is -4.67. The van der Waals surface area contributed by atoms with Crippen LogP contribution in [0.25, 0.3) is 11.0 Å². The molecule has 202 valence electrons. The van der Waals surface area contributed by atoms with Crippen molar-refractivity contribution in [1.82, 2.24) is 24.8 Å². The van der Waals surface area contributed by atoms with Crippen LogP contribution in [-0.4, -0.2) is 55.8 Å². The number of fused-ring (bicyclic) bond motifs is 1. The summed E-state index contributed by atoms with van der Waals surface area (Å²) < 4.78 is 6.33. The number of para-hydroxylation sites is 2. The minimum absolute atomic E-state index is 0.00135. The van der Waals surface area contributed by atoms with Crippen LogP contribution < -0.4 is 15.9 Å². The molecule has 5 rings (SSSR count). The van der Waals surface area contributed by atoms with Crippen molar-refractivity contribution < 1.29 is 19.4 Å². The van der Waals surface area contributed by atoms with Crippen molar-refractivity contribution in [3.8, 4) is 0 Å². The number of H-pyrrole nitrogens is 1. The van der Waals surface area contributed by atoms with E-state index in [0.29, 0.717) is 24.8 Å². The third kappa shape index (κ3) is 6.08. The standard InChI is InChI=1S/C28H30N6O5/c1-18-15-34(16-23(26(35)36)31-28(38)39-17-19-7-3-2-4-8-19)27(37)32-25(18)33-13-11-20(12-14-33)24-29-21-9-5-6-10-22(21)30-24/h2-10,15,20,23H,11-14,16-17H2,1H3,(H,29,30)(H,31,38)(H,35,36)/t23-/m0/s1. The number of anilines is 1. The second-order valence-electron chi connectivity index (χ2n) is 9.68. The van der Waals surface area contributed by atoms with Gasteiger partial charge >= 0.3 is 17.8 Å². The number of rotatable bonds is 8. The van der Waals surface area contributed by atoms with Crippen molar-refractivity contribution in [1.29, 1.82) is 0 Å². The van der Waals surface area contributed by atoms with Gasteiger partial charge in [0.1, 0.15) is 24.3 Å². The number of hydrogen-bond donors (Lipinski definition) is 3. The number of carbonyl (C=O) groups is 2. The first-order valence-electron chi connectivity index (χ1n) is 12.8. The van der Waals surface area contributed by atoms with Gasteiger partial charge in [-0.15, -0.1) is 0 Å². The van der Waals surface area contributed by atoms with Crippen LogP contribution in [0, 0.1) is 6.92 Å². The molecule has 0 unspecified atom stereocenters. The number of carboxylic acid groups (broad SMARTS) is 1. The van der Waals surface area contributed by atoms with Gasteiger partial charge in [-0.3, -0.25) is 4.57 Å². The quantitative estimate of drug-likeness (QED) is 0.315. The number of aryl methyl sites for hydroxylation is 1. The van der Waals surface area contributed by atoms with Crippen molar-refractivity contribution in [2.45, 2.75) is 44.9 Å². The van der Waals surface area contributed by atoms with Gasteiger partial charge in [0.15, 0.2) is 0 Å². The Morgan fingerprint density at radius 1 is 1.10 bits per heavy atom. The van der Waals surface area contributed by atoms with E-state index in [1.54, 1.807) is 18.3 Å². The maximum atomic E-state index is 12.8. The highest BCUT2D eigenvalue weighted by atomic mass is 16.5. The lowest BCUT2D eigenvalue weighted by Gasteiger charge is -2.32. The Kier molecular flexibility index (Phi) is 7.57. The van der Waals surface area contributed by atoms with Gasteiger partial charge in [-0.25, -0.2) is 19.4 Å². The van der Waals surface area contributed by atoms with E-state index in [0.717, 1.165) is 40.8 Å². The average Bonchev–Trinajstić information content (AvgIpc) is 3.38.